The SMILES string of the molecule is Cc1cc(NC(C)(C)CC(N)=O)nc(C(C)C)n1. The van der Waals surface area contributed by atoms with Gasteiger partial charge in [-0.25, -0.2) is 9.97 Å². The normalized spacial score (nSPS) is 11.7. The molecule has 100 valence electrons. The lowest BCUT2D eigenvalue weighted by Gasteiger charge is -2.25. The summed E-state index contributed by atoms with van der Waals surface area (Å²) in [6.45, 7) is 9.87. The van der Waals surface area contributed by atoms with Gasteiger partial charge in [-0.2, -0.15) is 0 Å². The van der Waals surface area contributed by atoms with Crippen molar-refractivity contribution < 1.29 is 4.79 Å². The zero-order valence-corrected chi connectivity index (χ0v) is 11.7. The number of hydrogen-bond acceptors (Lipinski definition) is 4. The number of carbonyl (C=O) groups excluding carboxylic acids is 1. The summed E-state index contributed by atoms with van der Waals surface area (Å²) in [4.78, 5) is 19.8. The third-order valence-electron chi connectivity index (χ3n) is 2.47. The van der Waals surface area contributed by atoms with Crippen LogP contribution in [-0.2, 0) is 4.79 Å². The molecule has 0 bridgehead atoms. The number of carbonyl (C=O) groups is 1. The van der Waals surface area contributed by atoms with E-state index in [1.165, 1.54) is 0 Å². The highest BCUT2D eigenvalue weighted by Gasteiger charge is 2.21. The van der Waals surface area contributed by atoms with Crippen LogP contribution in [0.3, 0.4) is 0 Å². The second-order valence-corrected chi connectivity index (χ2v) is 5.56. The van der Waals surface area contributed by atoms with Crippen LogP contribution in [0.15, 0.2) is 6.07 Å². The Balaban J connectivity index is 2.93. The van der Waals surface area contributed by atoms with E-state index in [9.17, 15) is 4.79 Å². The van der Waals surface area contributed by atoms with Crippen LogP contribution >= 0.6 is 0 Å². The van der Waals surface area contributed by atoms with E-state index in [1.807, 2.05) is 40.7 Å². The van der Waals surface area contributed by atoms with E-state index in [4.69, 9.17) is 5.73 Å². The summed E-state index contributed by atoms with van der Waals surface area (Å²) < 4.78 is 0. The Kier molecular flexibility index (Phi) is 4.27. The topological polar surface area (TPSA) is 80.9 Å². The maximum atomic E-state index is 11.0. The summed E-state index contributed by atoms with van der Waals surface area (Å²) >= 11 is 0. The third kappa shape index (κ3) is 4.31. The Labute approximate surface area is 108 Å². The predicted molar refractivity (Wildman–Crippen MR) is 72.4 cm³/mol. The van der Waals surface area contributed by atoms with Crippen LogP contribution in [-0.4, -0.2) is 21.4 Å². The molecule has 0 saturated heterocycles. The molecule has 5 heteroatoms. The lowest BCUT2D eigenvalue weighted by atomic mass is 10.0. The van der Waals surface area contributed by atoms with Crippen molar-refractivity contribution in [3.05, 3.63) is 17.6 Å². The molecule has 1 amide bonds. The van der Waals surface area contributed by atoms with Crippen molar-refractivity contribution in [2.24, 2.45) is 5.73 Å². The van der Waals surface area contributed by atoms with Crippen LogP contribution in [0.25, 0.3) is 0 Å². The van der Waals surface area contributed by atoms with Crippen molar-refractivity contribution in [3.8, 4) is 0 Å². The van der Waals surface area contributed by atoms with Crippen LogP contribution < -0.4 is 11.1 Å². The molecule has 0 fully saturated rings. The quantitative estimate of drug-likeness (QED) is 0.837. The number of anilines is 1. The smallest absolute Gasteiger partial charge is 0.219 e. The van der Waals surface area contributed by atoms with Gasteiger partial charge in [0.25, 0.3) is 0 Å². The zero-order chi connectivity index (χ0) is 13.9. The Morgan fingerprint density at radius 3 is 2.56 bits per heavy atom. The van der Waals surface area contributed by atoms with E-state index >= 15 is 0 Å². The first-order valence-corrected chi connectivity index (χ1v) is 6.12. The maximum Gasteiger partial charge on any atom is 0.219 e. The molecule has 1 heterocycles. The van der Waals surface area contributed by atoms with Gasteiger partial charge in [-0.3, -0.25) is 4.79 Å². The van der Waals surface area contributed by atoms with Crippen molar-refractivity contribution >= 4 is 11.7 Å². The molecule has 5 nitrogen and oxygen atoms in total. The second kappa shape index (κ2) is 5.33. The molecule has 18 heavy (non-hydrogen) atoms. The lowest BCUT2D eigenvalue weighted by molar-refractivity contribution is -0.118. The molecule has 0 aliphatic heterocycles. The number of aromatic nitrogens is 2. The van der Waals surface area contributed by atoms with Crippen LogP contribution in [0.2, 0.25) is 0 Å². The Bertz CT molecular complexity index is 441. The highest BCUT2D eigenvalue weighted by atomic mass is 16.1. The molecule has 0 radical (unpaired) electrons. The maximum absolute atomic E-state index is 11.0. The van der Waals surface area contributed by atoms with E-state index in [-0.39, 0.29) is 18.2 Å². The van der Waals surface area contributed by atoms with Gasteiger partial charge in [-0.15, -0.1) is 0 Å². The van der Waals surface area contributed by atoms with Crippen molar-refractivity contribution in [1.82, 2.24) is 9.97 Å². The summed E-state index contributed by atoms with van der Waals surface area (Å²) in [5, 5.41) is 3.23. The summed E-state index contributed by atoms with van der Waals surface area (Å²) in [7, 11) is 0. The number of rotatable bonds is 5. The minimum Gasteiger partial charge on any atom is -0.370 e. The molecule has 1 aromatic rings. The molecule has 1 aromatic heterocycles. The molecule has 0 saturated carbocycles. The number of aryl methyl sites for hydroxylation is 1. The number of nitrogens with one attached hydrogen (secondary N) is 1. The second-order valence-electron chi connectivity index (χ2n) is 5.56. The third-order valence-corrected chi connectivity index (χ3v) is 2.47. The first-order chi connectivity index (χ1) is 8.19. The van der Waals surface area contributed by atoms with E-state index < -0.39 is 5.54 Å². The molecule has 0 atom stereocenters. The van der Waals surface area contributed by atoms with Crippen LogP contribution in [0.4, 0.5) is 5.82 Å². The highest BCUT2D eigenvalue weighted by Crippen LogP contribution is 2.19. The fraction of sp³-hybridized carbons (Fsp3) is 0.615. The van der Waals surface area contributed by atoms with E-state index in [2.05, 4.69) is 15.3 Å². The molecule has 0 aliphatic rings. The van der Waals surface area contributed by atoms with E-state index in [0.29, 0.717) is 0 Å². The van der Waals surface area contributed by atoms with E-state index in [0.717, 1.165) is 17.3 Å². The number of hydrogen-bond donors (Lipinski definition) is 2. The fourth-order valence-electron chi connectivity index (χ4n) is 1.74. The largest absolute Gasteiger partial charge is 0.370 e. The van der Waals surface area contributed by atoms with Crippen molar-refractivity contribution in [1.29, 1.82) is 0 Å². The van der Waals surface area contributed by atoms with Gasteiger partial charge in [-0.1, -0.05) is 13.8 Å². The summed E-state index contributed by atoms with van der Waals surface area (Å²) in [5.41, 5.74) is 5.72. The van der Waals surface area contributed by atoms with Crippen LogP contribution in [0.1, 0.15) is 51.6 Å². The summed E-state index contributed by atoms with van der Waals surface area (Å²) in [6, 6.07) is 1.87. The van der Waals surface area contributed by atoms with Gasteiger partial charge >= 0.3 is 0 Å². The number of nitrogens with two attached hydrogens (primary N) is 1. The Morgan fingerprint density at radius 2 is 2.06 bits per heavy atom. The van der Waals surface area contributed by atoms with Gasteiger partial charge in [-0.05, 0) is 20.8 Å². The summed E-state index contributed by atoms with van der Waals surface area (Å²) in [5.74, 6) is 1.47. The summed E-state index contributed by atoms with van der Waals surface area (Å²) in [6.07, 6.45) is 0.257. The minimum absolute atomic E-state index is 0.257. The monoisotopic (exact) mass is 250 g/mol. The molecule has 0 aromatic carbocycles. The molecular formula is C13H22N4O. The van der Waals surface area contributed by atoms with Gasteiger partial charge in [0.2, 0.25) is 5.91 Å². The molecule has 0 unspecified atom stereocenters. The fourth-order valence-corrected chi connectivity index (χ4v) is 1.74. The molecule has 3 N–H and O–H groups in total. The van der Waals surface area contributed by atoms with Crippen molar-refractivity contribution in [2.75, 3.05) is 5.32 Å². The number of amides is 1. The van der Waals surface area contributed by atoms with Gasteiger partial charge in [0, 0.05) is 29.6 Å². The molecule has 0 spiro atoms. The highest BCUT2D eigenvalue weighted by molar-refractivity contribution is 5.75. The van der Waals surface area contributed by atoms with Crippen molar-refractivity contribution in [2.45, 2.75) is 52.5 Å². The number of primary amides is 1. The Hall–Kier alpha value is -1.65. The van der Waals surface area contributed by atoms with Gasteiger partial charge < -0.3 is 11.1 Å². The molecule has 0 aliphatic carbocycles. The average Bonchev–Trinajstić information content (AvgIpc) is 2.12. The standard InChI is InChI=1S/C13H22N4O/c1-8(2)12-15-9(3)6-11(16-12)17-13(4,5)7-10(14)18/h6,8H,7H2,1-5H3,(H2,14,18)(H,15,16,17). The molecule has 1 rings (SSSR count). The average molecular weight is 250 g/mol. The number of nitrogens with zero attached hydrogens (tertiary/aromatic N) is 2. The van der Waals surface area contributed by atoms with Gasteiger partial charge in [0.1, 0.15) is 11.6 Å². The van der Waals surface area contributed by atoms with Gasteiger partial charge in [0.15, 0.2) is 0 Å². The first-order valence-electron chi connectivity index (χ1n) is 6.12. The predicted octanol–water partition coefficient (Wildman–Crippen LogP) is 1.97. The first kappa shape index (κ1) is 14.4. The lowest BCUT2D eigenvalue weighted by Crippen LogP contribution is -2.36. The van der Waals surface area contributed by atoms with E-state index in [1.54, 1.807) is 0 Å². The molecular weight excluding hydrogens is 228 g/mol. The van der Waals surface area contributed by atoms with Crippen LogP contribution in [0.5, 0.6) is 0 Å². The van der Waals surface area contributed by atoms with Gasteiger partial charge in [0.05, 0.1) is 0 Å². The zero-order valence-electron chi connectivity index (χ0n) is 11.7. The van der Waals surface area contributed by atoms with Crippen molar-refractivity contribution in [3.63, 3.8) is 0 Å². The van der Waals surface area contributed by atoms with Crippen LogP contribution in [0, 0.1) is 6.92 Å². The minimum atomic E-state index is -0.416. The Morgan fingerprint density at radius 1 is 1.44 bits per heavy atom.